The number of rotatable bonds is 6. The molecule has 0 bridgehead atoms. The van der Waals surface area contributed by atoms with Gasteiger partial charge in [0.1, 0.15) is 5.75 Å². The summed E-state index contributed by atoms with van der Waals surface area (Å²) in [7, 11) is 1.54. The zero-order valence-electron chi connectivity index (χ0n) is 13.6. The Morgan fingerprint density at radius 3 is 2.56 bits per heavy atom. The number of carbonyl (C=O) groups excluding carboxylic acids is 1. The highest BCUT2D eigenvalue weighted by Crippen LogP contribution is 2.48. The van der Waals surface area contributed by atoms with Crippen LogP contribution in [0.15, 0.2) is 48.5 Å². The predicted molar refractivity (Wildman–Crippen MR) is 93.8 cm³/mol. The summed E-state index contributed by atoms with van der Waals surface area (Å²) in [4.78, 5) is 24.0. The van der Waals surface area contributed by atoms with Gasteiger partial charge in [-0.2, -0.15) is 0 Å². The van der Waals surface area contributed by atoms with Crippen LogP contribution >= 0.6 is 11.6 Å². The second-order valence-electron chi connectivity index (χ2n) is 6.06. The molecule has 0 heterocycles. The summed E-state index contributed by atoms with van der Waals surface area (Å²) in [5, 5.41) is 12.7. The van der Waals surface area contributed by atoms with E-state index in [0.717, 1.165) is 5.56 Å². The summed E-state index contributed by atoms with van der Waals surface area (Å²) >= 11 is 5.99. The number of ether oxygens (including phenoxy) is 1. The Morgan fingerprint density at radius 1 is 1.24 bits per heavy atom. The maximum absolute atomic E-state index is 12.5. The molecule has 2 N–H and O–H groups in total. The van der Waals surface area contributed by atoms with Gasteiger partial charge in [0.2, 0.25) is 5.91 Å². The van der Waals surface area contributed by atoms with Crippen molar-refractivity contribution in [3.05, 3.63) is 64.7 Å². The second-order valence-corrected chi connectivity index (χ2v) is 6.49. The summed E-state index contributed by atoms with van der Waals surface area (Å²) in [5.41, 5.74) is 1.51. The topological polar surface area (TPSA) is 75.6 Å². The van der Waals surface area contributed by atoms with Gasteiger partial charge in [-0.3, -0.25) is 4.79 Å². The number of hydrogen-bond acceptors (Lipinski definition) is 3. The van der Waals surface area contributed by atoms with Crippen LogP contribution in [-0.2, 0) is 9.59 Å². The van der Waals surface area contributed by atoms with E-state index in [1.54, 1.807) is 30.3 Å². The van der Waals surface area contributed by atoms with Crippen LogP contribution in [0.1, 0.15) is 29.5 Å². The summed E-state index contributed by atoms with van der Waals surface area (Å²) in [6.07, 6.45) is 0.696. The predicted octanol–water partition coefficient (Wildman–Crippen LogP) is 3.39. The minimum absolute atomic E-state index is 0.0870. The van der Waals surface area contributed by atoms with Gasteiger partial charge in [0.15, 0.2) is 6.04 Å². The molecule has 2 aromatic rings. The molecule has 1 aliphatic carbocycles. The number of carboxylic acids is 1. The maximum Gasteiger partial charge on any atom is 0.330 e. The lowest BCUT2D eigenvalue weighted by molar-refractivity contribution is -0.142. The fourth-order valence-electron chi connectivity index (χ4n) is 2.92. The number of nitrogens with one attached hydrogen (secondary N) is 1. The van der Waals surface area contributed by atoms with Gasteiger partial charge in [-0.15, -0.1) is 0 Å². The third-order valence-corrected chi connectivity index (χ3v) is 4.62. The fraction of sp³-hybridized carbons (Fsp3) is 0.263. The quantitative estimate of drug-likeness (QED) is 0.828. The highest BCUT2D eigenvalue weighted by molar-refractivity contribution is 6.30. The molecule has 5 nitrogen and oxygen atoms in total. The number of halogens is 1. The Bertz CT molecular complexity index is 790. The van der Waals surface area contributed by atoms with E-state index < -0.39 is 12.0 Å². The molecule has 1 aliphatic rings. The molecule has 0 aliphatic heterocycles. The molecule has 2 aromatic carbocycles. The molecule has 3 rings (SSSR count). The second kappa shape index (κ2) is 7.15. The Balaban J connectivity index is 1.68. The first-order valence-electron chi connectivity index (χ1n) is 7.92. The summed E-state index contributed by atoms with van der Waals surface area (Å²) in [6.45, 7) is 0. The summed E-state index contributed by atoms with van der Waals surface area (Å²) < 4.78 is 5.07. The lowest BCUT2D eigenvalue weighted by Gasteiger charge is -2.15. The zero-order chi connectivity index (χ0) is 18.0. The van der Waals surface area contributed by atoms with E-state index in [0.29, 0.717) is 22.8 Å². The number of carboxylic acid groups (broad SMARTS) is 1. The molecule has 25 heavy (non-hydrogen) atoms. The minimum atomic E-state index is -1.10. The monoisotopic (exact) mass is 359 g/mol. The number of hydrogen-bond donors (Lipinski definition) is 2. The van der Waals surface area contributed by atoms with Gasteiger partial charge in [-0.05, 0) is 47.7 Å². The average molecular weight is 360 g/mol. The average Bonchev–Trinajstić information content (AvgIpc) is 3.40. The van der Waals surface area contributed by atoms with Gasteiger partial charge in [-0.25, -0.2) is 4.79 Å². The number of amides is 1. The van der Waals surface area contributed by atoms with Gasteiger partial charge < -0.3 is 15.2 Å². The number of carbonyl (C=O) groups is 2. The molecule has 0 spiro atoms. The third-order valence-electron chi connectivity index (χ3n) is 4.39. The maximum atomic E-state index is 12.5. The van der Waals surface area contributed by atoms with Gasteiger partial charge in [-0.1, -0.05) is 35.9 Å². The normalized spacial score (nSPS) is 19.8. The first-order chi connectivity index (χ1) is 12.0. The molecule has 0 radical (unpaired) electrons. The van der Waals surface area contributed by atoms with E-state index in [2.05, 4.69) is 5.32 Å². The molecule has 1 fully saturated rings. The van der Waals surface area contributed by atoms with Gasteiger partial charge in [0.05, 0.1) is 7.11 Å². The number of methoxy groups -OCH3 is 1. The largest absolute Gasteiger partial charge is 0.497 e. The van der Waals surface area contributed by atoms with E-state index >= 15 is 0 Å². The third kappa shape index (κ3) is 3.94. The van der Waals surface area contributed by atoms with Crippen molar-refractivity contribution in [2.24, 2.45) is 5.92 Å². The van der Waals surface area contributed by atoms with Crippen molar-refractivity contribution < 1.29 is 19.4 Å². The minimum Gasteiger partial charge on any atom is -0.497 e. The van der Waals surface area contributed by atoms with E-state index in [1.807, 2.05) is 18.2 Å². The van der Waals surface area contributed by atoms with Crippen molar-refractivity contribution in [3.8, 4) is 5.75 Å². The Kier molecular flexibility index (Phi) is 4.95. The lowest BCUT2D eigenvalue weighted by atomic mass is 10.1. The number of aliphatic carboxylic acids is 1. The highest BCUT2D eigenvalue weighted by atomic mass is 35.5. The SMILES string of the molecule is COc1ccc(C(NC(=O)C2CC2c2cccc(Cl)c2)C(=O)O)cc1. The first kappa shape index (κ1) is 17.3. The molecule has 3 unspecified atom stereocenters. The lowest BCUT2D eigenvalue weighted by Crippen LogP contribution is -2.35. The molecule has 130 valence electrons. The van der Waals surface area contributed by atoms with Crippen LogP contribution in [0.5, 0.6) is 5.75 Å². The van der Waals surface area contributed by atoms with Gasteiger partial charge in [0, 0.05) is 10.9 Å². The van der Waals surface area contributed by atoms with E-state index in [4.69, 9.17) is 16.3 Å². The van der Waals surface area contributed by atoms with E-state index in [-0.39, 0.29) is 17.7 Å². The van der Waals surface area contributed by atoms with Crippen LogP contribution in [0.25, 0.3) is 0 Å². The van der Waals surface area contributed by atoms with Crippen molar-refractivity contribution in [1.29, 1.82) is 0 Å². The Hall–Kier alpha value is -2.53. The molecule has 1 amide bonds. The molecular weight excluding hydrogens is 342 g/mol. The summed E-state index contributed by atoms with van der Waals surface area (Å²) in [5.74, 6) is -0.864. The highest BCUT2D eigenvalue weighted by Gasteiger charge is 2.45. The first-order valence-corrected chi connectivity index (χ1v) is 8.30. The molecule has 1 saturated carbocycles. The molecule has 0 aromatic heterocycles. The number of benzene rings is 2. The van der Waals surface area contributed by atoms with Crippen molar-refractivity contribution in [1.82, 2.24) is 5.32 Å². The van der Waals surface area contributed by atoms with Gasteiger partial charge in [0.25, 0.3) is 0 Å². The molecule has 3 atom stereocenters. The van der Waals surface area contributed by atoms with Crippen LogP contribution in [0, 0.1) is 5.92 Å². The molecular formula is C19H18ClNO4. The smallest absolute Gasteiger partial charge is 0.330 e. The van der Waals surface area contributed by atoms with Crippen molar-refractivity contribution in [3.63, 3.8) is 0 Å². The van der Waals surface area contributed by atoms with Crippen molar-refractivity contribution in [2.75, 3.05) is 7.11 Å². The Labute approximate surface area is 150 Å². The van der Waals surface area contributed by atoms with Crippen LogP contribution in [0.3, 0.4) is 0 Å². The fourth-order valence-corrected chi connectivity index (χ4v) is 3.12. The van der Waals surface area contributed by atoms with Crippen LogP contribution < -0.4 is 10.1 Å². The molecule has 0 saturated heterocycles. The van der Waals surface area contributed by atoms with Crippen molar-refractivity contribution >= 4 is 23.5 Å². The van der Waals surface area contributed by atoms with Gasteiger partial charge >= 0.3 is 5.97 Å². The van der Waals surface area contributed by atoms with Crippen LogP contribution in [-0.4, -0.2) is 24.1 Å². The van der Waals surface area contributed by atoms with E-state index in [1.165, 1.54) is 7.11 Å². The van der Waals surface area contributed by atoms with Crippen LogP contribution in [0.2, 0.25) is 5.02 Å². The summed E-state index contributed by atoms with van der Waals surface area (Å²) in [6, 6.07) is 12.9. The molecule has 6 heteroatoms. The van der Waals surface area contributed by atoms with Crippen LogP contribution in [0.4, 0.5) is 0 Å². The Morgan fingerprint density at radius 2 is 1.96 bits per heavy atom. The zero-order valence-corrected chi connectivity index (χ0v) is 14.4. The van der Waals surface area contributed by atoms with E-state index in [9.17, 15) is 14.7 Å². The van der Waals surface area contributed by atoms with Crippen molar-refractivity contribution in [2.45, 2.75) is 18.4 Å². The standard InChI is InChI=1S/C19H18ClNO4/c1-25-14-7-5-11(6-8-14)17(19(23)24)21-18(22)16-10-15(16)12-3-2-4-13(20)9-12/h2-9,15-17H,10H2,1H3,(H,21,22)(H,23,24).